The van der Waals surface area contributed by atoms with Crippen molar-refractivity contribution in [3.63, 3.8) is 0 Å². The number of rotatable bonds is 2. The number of Topliss-reactive ketones (excluding diaryl/α,β-unsaturated/α-hetero) is 1. The Morgan fingerprint density at radius 3 is 2.68 bits per heavy atom. The minimum atomic E-state index is -0.448. The normalized spacial score (nSPS) is 16.5. The maximum absolute atomic E-state index is 11.8. The monoisotopic (exact) mass is 281 g/mol. The SMILES string of the molecule is CC(=O)N1CC(C)(C)Oc2ccc(C(=O)CCl)cc21. The van der Waals surface area contributed by atoms with Crippen molar-refractivity contribution < 1.29 is 14.3 Å². The molecule has 0 N–H and O–H groups in total. The van der Waals surface area contributed by atoms with E-state index >= 15 is 0 Å². The van der Waals surface area contributed by atoms with Crippen molar-refractivity contribution in [3.8, 4) is 5.75 Å². The van der Waals surface area contributed by atoms with Gasteiger partial charge in [-0.25, -0.2) is 0 Å². The number of carbonyl (C=O) groups is 2. The van der Waals surface area contributed by atoms with Crippen LogP contribution in [0.2, 0.25) is 0 Å². The van der Waals surface area contributed by atoms with E-state index in [-0.39, 0.29) is 17.6 Å². The number of ketones is 1. The average molecular weight is 282 g/mol. The van der Waals surface area contributed by atoms with Crippen LogP contribution in [0.5, 0.6) is 5.75 Å². The zero-order valence-electron chi connectivity index (χ0n) is 11.2. The van der Waals surface area contributed by atoms with Gasteiger partial charge in [-0.3, -0.25) is 9.59 Å². The fraction of sp³-hybridized carbons (Fsp3) is 0.429. The summed E-state index contributed by atoms with van der Waals surface area (Å²) >= 11 is 5.55. The Labute approximate surface area is 117 Å². The van der Waals surface area contributed by atoms with Crippen molar-refractivity contribution in [1.29, 1.82) is 0 Å². The Bertz CT molecular complexity index is 539. The van der Waals surface area contributed by atoms with Crippen LogP contribution in [0, 0.1) is 0 Å². The van der Waals surface area contributed by atoms with Crippen molar-refractivity contribution in [2.24, 2.45) is 0 Å². The van der Waals surface area contributed by atoms with E-state index in [0.29, 0.717) is 23.5 Å². The second-order valence-electron chi connectivity index (χ2n) is 5.21. The number of halogens is 1. The summed E-state index contributed by atoms with van der Waals surface area (Å²) in [7, 11) is 0. The third kappa shape index (κ3) is 2.73. The minimum Gasteiger partial charge on any atom is -0.484 e. The van der Waals surface area contributed by atoms with Crippen molar-refractivity contribution in [1.82, 2.24) is 0 Å². The lowest BCUT2D eigenvalue weighted by atomic mass is 10.0. The van der Waals surface area contributed by atoms with Gasteiger partial charge in [-0.2, -0.15) is 0 Å². The van der Waals surface area contributed by atoms with E-state index in [1.54, 1.807) is 23.1 Å². The van der Waals surface area contributed by atoms with Crippen LogP contribution >= 0.6 is 11.6 Å². The number of hydrogen-bond donors (Lipinski definition) is 0. The summed E-state index contributed by atoms with van der Waals surface area (Å²) in [4.78, 5) is 25.0. The van der Waals surface area contributed by atoms with Gasteiger partial charge in [-0.05, 0) is 32.0 Å². The highest BCUT2D eigenvalue weighted by Crippen LogP contribution is 2.37. The first-order valence-corrected chi connectivity index (χ1v) is 6.58. The molecular weight excluding hydrogens is 266 g/mol. The number of anilines is 1. The highest BCUT2D eigenvalue weighted by atomic mass is 35.5. The Kier molecular flexibility index (Phi) is 3.54. The summed E-state index contributed by atoms with van der Waals surface area (Å²) in [5.74, 6) is 0.286. The fourth-order valence-corrected chi connectivity index (χ4v) is 2.30. The molecule has 1 aliphatic rings. The second-order valence-corrected chi connectivity index (χ2v) is 5.47. The predicted molar refractivity (Wildman–Crippen MR) is 74.2 cm³/mol. The molecule has 0 bridgehead atoms. The number of ether oxygens (including phenoxy) is 1. The molecule has 4 nitrogen and oxygen atoms in total. The first kappa shape index (κ1) is 13.9. The molecule has 102 valence electrons. The molecule has 1 heterocycles. The van der Waals surface area contributed by atoms with E-state index in [1.165, 1.54) is 6.92 Å². The molecule has 0 spiro atoms. The first-order chi connectivity index (χ1) is 8.84. The van der Waals surface area contributed by atoms with Crippen LogP contribution in [-0.4, -0.2) is 29.7 Å². The molecule has 0 aromatic heterocycles. The maximum atomic E-state index is 11.8. The molecule has 0 aliphatic carbocycles. The van der Waals surface area contributed by atoms with Gasteiger partial charge in [0.1, 0.15) is 11.4 Å². The standard InChI is InChI=1S/C14H16ClNO3/c1-9(17)16-8-14(2,3)19-13-5-4-10(6-11(13)16)12(18)7-15/h4-6H,7-8H2,1-3H3. The predicted octanol–water partition coefficient (Wildman–Crippen LogP) is 2.63. The van der Waals surface area contributed by atoms with E-state index in [4.69, 9.17) is 16.3 Å². The molecule has 1 aromatic carbocycles. The highest BCUT2D eigenvalue weighted by Gasteiger charge is 2.33. The van der Waals surface area contributed by atoms with Crippen LogP contribution in [0.3, 0.4) is 0 Å². The molecule has 5 heteroatoms. The lowest BCUT2D eigenvalue weighted by Gasteiger charge is -2.39. The van der Waals surface area contributed by atoms with Crippen LogP contribution in [0.1, 0.15) is 31.1 Å². The molecule has 0 fully saturated rings. The Morgan fingerprint density at radius 2 is 2.11 bits per heavy atom. The van der Waals surface area contributed by atoms with Crippen LogP contribution in [0.15, 0.2) is 18.2 Å². The third-order valence-corrected chi connectivity index (χ3v) is 3.24. The lowest BCUT2D eigenvalue weighted by Crippen LogP contribution is -2.48. The minimum absolute atomic E-state index is 0.0758. The molecule has 1 amide bonds. The number of amides is 1. The van der Waals surface area contributed by atoms with E-state index < -0.39 is 5.60 Å². The third-order valence-electron chi connectivity index (χ3n) is 3.00. The topological polar surface area (TPSA) is 46.6 Å². The van der Waals surface area contributed by atoms with E-state index in [2.05, 4.69) is 0 Å². The molecule has 0 radical (unpaired) electrons. The van der Waals surface area contributed by atoms with Crippen molar-refractivity contribution in [2.75, 3.05) is 17.3 Å². The van der Waals surface area contributed by atoms with Gasteiger partial charge in [0, 0.05) is 12.5 Å². The van der Waals surface area contributed by atoms with Gasteiger partial charge < -0.3 is 9.64 Å². The Morgan fingerprint density at radius 1 is 1.42 bits per heavy atom. The van der Waals surface area contributed by atoms with Crippen LogP contribution in [-0.2, 0) is 4.79 Å². The van der Waals surface area contributed by atoms with Crippen molar-refractivity contribution in [2.45, 2.75) is 26.4 Å². The molecule has 0 atom stereocenters. The molecule has 0 saturated heterocycles. The van der Waals surface area contributed by atoms with E-state index in [9.17, 15) is 9.59 Å². The average Bonchev–Trinajstić information content (AvgIpc) is 2.35. The largest absolute Gasteiger partial charge is 0.484 e. The molecular formula is C14H16ClNO3. The number of hydrogen-bond acceptors (Lipinski definition) is 3. The van der Waals surface area contributed by atoms with Gasteiger partial charge in [-0.15, -0.1) is 11.6 Å². The highest BCUT2D eigenvalue weighted by molar-refractivity contribution is 6.30. The van der Waals surface area contributed by atoms with Crippen molar-refractivity contribution >= 4 is 29.0 Å². The van der Waals surface area contributed by atoms with Crippen LogP contribution < -0.4 is 9.64 Å². The molecule has 1 aromatic rings. The zero-order valence-corrected chi connectivity index (χ0v) is 12.0. The second kappa shape index (κ2) is 4.85. The van der Waals surface area contributed by atoms with Crippen LogP contribution in [0.25, 0.3) is 0 Å². The summed E-state index contributed by atoms with van der Waals surface area (Å²) in [6.45, 7) is 5.79. The van der Waals surface area contributed by atoms with Gasteiger partial charge in [0.15, 0.2) is 5.78 Å². The van der Waals surface area contributed by atoms with Gasteiger partial charge >= 0.3 is 0 Å². The number of benzene rings is 1. The Balaban J connectivity index is 2.49. The quantitative estimate of drug-likeness (QED) is 0.618. The lowest BCUT2D eigenvalue weighted by molar-refractivity contribution is -0.117. The number of nitrogens with zero attached hydrogens (tertiary/aromatic N) is 1. The number of carbonyl (C=O) groups excluding carboxylic acids is 2. The number of fused-ring (bicyclic) bond motifs is 1. The summed E-state index contributed by atoms with van der Waals surface area (Å²) in [5, 5.41) is 0. The fourth-order valence-electron chi connectivity index (χ4n) is 2.14. The van der Waals surface area contributed by atoms with Gasteiger partial charge in [-0.1, -0.05) is 0 Å². The van der Waals surface area contributed by atoms with Crippen LogP contribution in [0.4, 0.5) is 5.69 Å². The summed E-state index contributed by atoms with van der Waals surface area (Å²) in [5.41, 5.74) is 0.669. The molecule has 0 unspecified atom stereocenters. The molecule has 19 heavy (non-hydrogen) atoms. The summed E-state index contributed by atoms with van der Waals surface area (Å²) < 4.78 is 5.83. The first-order valence-electron chi connectivity index (χ1n) is 6.04. The van der Waals surface area contributed by atoms with Gasteiger partial charge in [0.2, 0.25) is 5.91 Å². The maximum Gasteiger partial charge on any atom is 0.224 e. The Hall–Kier alpha value is -1.55. The van der Waals surface area contributed by atoms with E-state index in [0.717, 1.165) is 0 Å². The van der Waals surface area contributed by atoms with Gasteiger partial charge in [0.05, 0.1) is 18.1 Å². The molecule has 2 rings (SSSR count). The zero-order chi connectivity index (χ0) is 14.2. The van der Waals surface area contributed by atoms with E-state index in [1.807, 2.05) is 13.8 Å². The van der Waals surface area contributed by atoms with Crippen molar-refractivity contribution in [3.05, 3.63) is 23.8 Å². The number of alkyl halides is 1. The molecule has 1 aliphatic heterocycles. The smallest absolute Gasteiger partial charge is 0.224 e. The summed E-state index contributed by atoms with van der Waals surface area (Å²) in [6.07, 6.45) is 0. The summed E-state index contributed by atoms with van der Waals surface area (Å²) in [6, 6.07) is 5.05. The van der Waals surface area contributed by atoms with Gasteiger partial charge in [0.25, 0.3) is 0 Å². The molecule has 0 saturated carbocycles.